The lowest BCUT2D eigenvalue weighted by molar-refractivity contribution is -0.121. The van der Waals surface area contributed by atoms with Crippen molar-refractivity contribution in [1.29, 1.82) is 0 Å². The lowest BCUT2D eigenvalue weighted by Gasteiger charge is -2.29. The predicted molar refractivity (Wildman–Crippen MR) is 88.3 cm³/mol. The van der Waals surface area contributed by atoms with Crippen LogP contribution in [0.25, 0.3) is 0 Å². The number of carbonyl (C=O) groups excluding carboxylic acids is 1. The Kier molecular flexibility index (Phi) is 4.76. The molecular formula is C18H24FNOS. The second-order valence-corrected chi connectivity index (χ2v) is 8.26. The highest BCUT2D eigenvalue weighted by Crippen LogP contribution is 2.49. The Morgan fingerprint density at radius 3 is 2.55 bits per heavy atom. The van der Waals surface area contributed by atoms with Gasteiger partial charge in [0.1, 0.15) is 5.82 Å². The first kappa shape index (κ1) is 15.9. The summed E-state index contributed by atoms with van der Waals surface area (Å²) in [5, 5.41) is 3.04. The molecule has 0 aliphatic heterocycles. The Morgan fingerprint density at radius 1 is 1.23 bits per heavy atom. The van der Waals surface area contributed by atoms with Crippen molar-refractivity contribution >= 4 is 17.7 Å². The Bertz CT molecular complexity index is 532. The lowest BCUT2D eigenvalue weighted by atomic mass is 9.84. The average molecular weight is 321 g/mol. The summed E-state index contributed by atoms with van der Waals surface area (Å²) in [5.41, 5.74) is 0. The zero-order valence-corrected chi connectivity index (χ0v) is 14.0. The Balaban J connectivity index is 1.51. The average Bonchev–Trinajstić information content (AvgIpc) is 3.12. The summed E-state index contributed by atoms with van der Waals surface area (Å²) in [5.74, 6) is 2.22. The van der Waals surface area contributed by atoms with Crippen LogP contribution in [0.15, 0.2) is 29.2 Å². The molecule has 2 bridgehead atoms. The third-order valence-electron chi connectivity index (χ3n) is 5.30. The maximum atomic E-state index is 12.9. The van der Waals surface area contributed by atoms with E-state index in [1.807, 2.05) is 6.92 Å². The summed E-state index contributed by atoms with van der Waals surface area (Å²) in [6.07, 6.45) is 5.38. The molecule has 0 saturated heterocycles. The summed E-state index contributed by atoms with van der Waals surface area (Å²) in [4.78, 5) is 13.3. The highest BCUT2D eigenvalue weighted by Gasteiger charge is 2.42. The van der Waals surface area contributed by atoms with E-state index in [1.165, 1.54) is 49.6 Å². The van der Waals surface area contributed by atoms with Gasteiger partial charge in [-0.3, -0.25) is 4.79 Å². The molecule has 2 aliphatic rings. The van der Waals surface area contributed by atoms with Crippen LogP contribution in [-0.4, -0.2) is 17.2 Å². The van der Waals surface area contributed by atoms with E-state index in [4.69, 9.17) is 0 Å². The number of benzene rings is 1. The van der Waals surface area contributed by atoms with Gasteiger partial charge >= 0.3 is 0 Å². The monoisotopic (exact) mass is 321 g/mol. The zero-order chi connectivity index (χ0) is 15.7. The van der Waals surface area contributed by atoms with Crippen LogP contribution in [0.2, 0.25) is 0 Å². The van der Waals surface area contributed by atoms with Crippen LogP contribution in [0, 0.1) is 23.6 Å². The molecule has 4 heteroatoms. The number of hydrogen-bond acceptors (Lipinski definition) is 2. The molecule has 0 radical (unpaired) electrons. The molecule has 0 heterocycles. The van der Waals surface area contributed by atoms with Gasteiger partial charge in [-0.1, -0.05) is 6.42 Å². The van der Waals surface area contributed by atoms with Crippen molar-refractivity contribution in [3.05, 3.63) is 30.1 Å². The fourth-order valence-corrected chi connectivity index (χ4v) is 5.00. The molecule has 120 valence electrons. The van der Waals surface area contributed by atoms with Crippen molar-refractivity contribution in [2.45, 2.75) is 55.7 Å². The van der Waals surface area contributed by atoms with E-state index in [0.717, 1.165) is 16.7 Å². The van der Waals surface area contributed by atoms with E-state index in [0.29, 0.717) is 5.92 Å². The molecule has 5 unspecified atom stereocenters. The first-order valence-electron chi connectivity index (χ1n) is 8.25. The zero-order valence-electron chi connectivity index (χ0n) is 13.2. The van der Waals surface area contributed by atoms with Gasteiger partial charge in [0.15, 0.2) is 0 Å². The first-order chi connectivity index (χ1) is 10.5. The van der Waals surface area contributed by atoms with Crippen molar-refractivity contribution in [2.75, 3.05) is 0 Å². The molecule has 2 nitrogen and oxygen atoms in total. The molecular weight excluding hydrogens is 297 g/mol. The van der Waals surface area contributed by atoms with Gasteiger partial charge in [0, 0.05) is 10.9 Å². The van der Waals surface area contributed by atoms with Crippen molar-refractivity contribution in [2.24, 2.45) is 17.8 Å². The molecule has 1 N–H and O–H groups in total. The van der Waals surface area contributed by atoms with Crippen LogP contribution >= 0.6 is 11.8 Å². The quantitative estimate of drug-likeness (QED) is 0.822. The summed E-state index contributed by atoms with van der Waals surface area (Å²) < 4.78 is 12.9. The Hall–Kier alpha value is -1.03. The third-order valence-corrected chi connectivity index (χ3v) is 6.41. The van der Waals surface area contributed by atoms with Crippen molar-refractivity contribution in [3.8, 4) is 0 Å². The maximum absolute atomic E-state index is 12.9. The summed E-state index contributed by atoms with van der Waals surface area (Å²) >= 11 is 1.48. The minimum atomic E-state index is -0.244. The molecule has 2 fully saturated rings. The third kappa shape index (κ3) is 3.48. The molecule has 0 aromatic heterocycles. The van der Waals surface area contributed by atoms with Gasteiger partial charge in [-0.25, -0.2) is 4.39 Å². The molecule has 22 heavy (non-hydrogen) atoms. The number of fused-ring (bicyclic) bond motifs is 2. The number of nitrogens with one attached hydrogen (secondary N) is 1. The van der Waals surface area contributed by atoms with Crippen LogP contribution in [0.5, 0.6) is 0 Å². The summed E-state index contributed by atoms with van der Waals surface area (Å²) in [7, 11) is 0. The van der Waals surface area contributed by atoms with E-state index in [2.05, 4.69) is 12.2 Å². The summed E-state index contributed by atoms with van der Waals surface area (Å²) in [6, 6.07) is 6.58. The molecule has 2 saturated carbocycles. The molecule has 2 aliphatic carbocycles. The van der Waals surface area contributed by atoms with E-state index in [9.17, 15) is 9.18 Å². The molecule has 1 amide bonds. The van der Waals surface area contributed by atoms with Gasteiger partial charge in [0.25, 0.3) is 0 Å². The predicted octanol–water partition coefficient (Wildman–Crippen LogP) is 4.25. The van der Waals surface area contributed by atoms with E-state index in [-0.39, 0.29) is 23.0 Å². The SMILES string of the molecule is CC(Sc1ccc(F)cc1)C(=O)NC(C)C1CC2CCC1C2. The van der Waals surface area contributed by atoms with Gasteiger partial charge in [-0.2, -0.15) is 0 Å². The fraction of sp³-hybridized carbons (Fsp3) is 0.611. The topological polar surface area (TPSA) is 29.1 Å². The van der Waals surface area contributed by atoms with Crippen LogP contribution in [-0.2, 0) is 4.79 Å². The minimum Gasteiger partial charge on any atom is -0.352 e. The Morgan fingerprint density at radius 2 is 1.95 bits per heavy atom. The number of amides is 1. The largest absolute Gasteiger partial charge is 0.352 e. The smallest absolute Gasteiger partial charge is 0.233 e. The normalized spacial score (nSPS) is 29.3. The van der Waals surface area contributed by atoms with Crippen LogP contribution in [0.1, 0.15) is 39.5 Å². The lowest BCUT2D eigenvalue weighted by Crippen LogP contribution is -2.43. The second kappa shape index (κ2) is 6.61. The number of halogens is 1. The van der Waals surface area contributed by atoms with Gasteiger partial charge in [-0.15, -0.1) is 11.8 Å². The van der Waals surface area contributed by atoms with Crippen LogP contribution in [0.3, 0.4) is 0 Å². The van der Waals surface area contributed by atoms with Gasteiger partial charge in [-0.05, 0) is 75.1 Å². The first-order valence-corrected chi connectivity index (χ1v) is 9.13. The highest BCUT2D eigenvalue weighted by atomic mass is 32.2. The molecule has 5 atom stereocenters. The fourth-order valence-electron chi connectivity index (χ4n) is 4.13. The van der Waals surface area contributed by atoms with Gasteiger partial charge in [0.05, 0.1) is 5.25 Å². The van der Waals surface area contributed by atoms with E-state index >= 15 is 0 Å². The molecule has 3 rings (SSSR count). The van der Waals surface area contributed by atoms with Crippen LogP contribution in [0.4, 0.5) is 4.39 Å². The number of carbonyl (C=O) groups is 1. The molecule has 1 aromatic carbocycles. The van der Waals surface area contributed by atoms with Crippen LogP contribution < -0.4 is 5.32 Å². The summed E-state index contributed by atoms with van der Waals surface area (Å²) in [6.45, 7) is 4.06. The van der Waals surface area contributed by atoms with E-state index in [1.54, 1.807) is 12.1 Å². The maximum Gasteiger partial charge on any atom is 0.233 e. The Labute approximate surface area is 136 Å². The van der Waals surface area contributed by atoms with E-state index < -0.39 is 0 Å². The highest BCUT2D eigenvalue weighted by molar-refractivity contribution is 8.00. The standard InChI is InChI=1S/C18H24FNOS/c1-11(17-10-13-3-4-14(17)9-13)20-18(21)12(2)22-16-7-5-15(19)6-8-16/h5-8,11-14,17H,3-4,9-10H2,1-2H3,(H,20,21). The molecule has 1 aromatic rings. The van der Waals surface area contributed by atoms with Crippen molar-refractivity contribution < 1.29 is 9.18 Å². The van der Waals surface area contributed by atoms with Gasteiger partial charge < -0.3 is 5.32 Å². The number of hydrogen-bond donors (Lipinski definition) is 1. The number of thioether (sulfide) groups is 1. The minimum absolute atomic E-state index is 0.0876. The number of rotatable bonds is 5. The van der Waals surface area contributed by atoms with Crippen molar-refractivity contribution in [3.63, 3.8) is 0 Å². The van der Waals surface area contributed by atoms with Crippen molar-refractivity contribution in [1.82, 2.24) is 5.32 Å². The van der Waals surface area contributed by atoms with Gasteiger partial charge in [0.2, 0.25) is 5.91 Å². The second-order valence-electron chi connectivity index (χ2n) is 6.85. The molecule has 0 spiro atoms.